The van der Waals surface area contributed by atoms with Crippen molar-refractivity contribution in [2.24, 2.45) is 5.92 Å². The van der Waals surface area contributed by atoms with Gasteiger partial charge in [0.1, 0.15) is 5.82 Å². The SMILES string of the molecule is CCc1ccc(N2C[C@H](C(=O)Nc3cc(F)ccc3C)CC2=O)cc1. The third kappa shape index (κ3) is 3.71. The largest absolute Gasteiger partial charge is 0.325 e. The summed E-state index contributed by atoms with van der Waals surface area (Å²) in [4.78, 5) is 26.4. The van der Waals surface area contributed by atoms with Gasteiger partial charge in [-0.05, 0) is 48.7 Å². The summed E-state index contributed by atoms with van der Waals surface area (Å²) >= 11 is 0. The van der Waals surface area contributed by atoms with Crippen LogP contribution >= 0.6 is 0 Å². The molecule has 130 valence electrons. The zero-order valence-corrected chi connectivity index (χ0v) is 14.4. The average molecular weight is 340 g/mol. The highest BCUT2D eigenvalue weighted by Crippen LogP contribution is 2.27. The number of hydrogen-bond donors (Lipinski definition) is 1. The summed E-state index contributed by atoms with van der Waals surface area (Å²) in [7, 11) is 0. The predicted molar refractivity (Wildman–Crippen MR) is 96.0 cm³/mol. The Bertz CT molecular complexity index is 802. The van der Waals surface area contributed by atoms with Crippen LogP contribution in [0, 0.1) is 18.7 Å². The normalized spacial score (nSPS) is 17.0. The molecule has 1 aliphatic rings. The molecule has 5 heteroatoms. The molecule has 0 aliphatic carbocycles. The first-order chi connectivity index (χ1) is 12.0. The van der Waals surface area contributed by atoms with E-state index in [9.17, 15) is 14.0 Å². The Labute approximate surface area is 146 Å². The van der Waals surface area contributed by atoms with Crippen molar-refractivity contribution in [1.82, 2.24) is 0 Å². The van der Waals surface area contributed by atoms with Crippen LogP contribution in [0.5, 0.6) is 0 Å². The van der Waals surface area contributed by atoms with E-state index < -0.39 is 11.7 Å². The van der Waals surface area contributed by atoms with Crippen LogP contribution in [-0.2, 0) is 16.0 Å². The molecule has 0 unspecified atom stereocenters. The highest BCUT2D eigenvalue weighted by Gasteiger charge is 2.35. The topological polar surface area (TPSA) is 49.4 Å². The minimum absolute atomic E-state index is 0.0691. The zero-order valence-electron chi connectivity index (χ0n) is 14.4. The monoisotopic (exact) mass is 340 g/mol. The lowest BCUT2D eigenvalue weighted by Gasteiger charge is -2.17. The first-order valence-corrected chi connectivity index (χ1v) is 8.44. The van der Waals surface area contributed by atoms with E-state index in [1.807, 2.05) is 24.3 Å². The van der Waals surface area contributed by atoms with Gasteiger partial charge in [0.25, 0.3) is 0 Å². The molecule has 1 fully saturated rings. The van der Waals surface area contributed by atoms with E-state index in [1.165, 1.54) is 17.7 Å². The van der Waals surface area contributed by atoms with Crippen LogP contribution in [0.4, 0.5) is 15.8 Å². The maximum atomic E-state index is 13.4. The van der Waals surface area contributed by atoms with E-state index in [0.717, 1.165) is 17.7 Å². The lowest BCUT2D eigenvalue weighted by Crippen LogP contribution is -2.28. The van der Waals surface area contributed by atoms with Crippen molar-refractivity contribution in [3.8, 4) is 0 Å². The summed E-state index contributed by atoms with van der Waals surface area (Å²) in [6.07, 6.45) is 1.10. The molecule has 3 rings (SSSR count). The molecule has 0 radical (unpaired) electrons. The van der Waals surface area contributed by atoms with Crippen molar-refractivity contribution in [1.29, 1.82) is 0 Å². The van der Waals surface area contributed by atoms with E-state index in [-0.39, 0.29) is 18.2 Å². The van der Waals surface area contributed by atoms with Gasteiger partial charge >= 0.3 is 0 Å². The number of carbonyl (C=O) groups is 2. The summed E-state index contributed by atoms with van der Waals surface area (Å²) in [5.41, 5.74) is 3.24. The molecule has 0 aromatic heterocycles. The molecule has 0 bridgehead atoms. The molecule has 2 amide bonds. The van der Waals surface area contributed by atoms with Gasteiger partial charge in [0, 0.05) is 24.3 Å². The van der Waals surface area contributed by atoms with Crippen molar-refractivity contribution in [3.63, 3.8) is 0 Å². The number of hydrogen-bond acceptors (Lipinski definition) is 2. The lowest BCUT2D eigenvalue weighted by molar-refractivity contribution is -0.122. The second-order valence-corrected chi connectivity index (χ2v) is 6.37. The van der Waals surface area contributed by atoms with Crippen molar-refractivity contribution >= 4 is 23.2 Å². The second-order valence-electron chi connectivity index (χ2n) is 6.37. The molecule has 2 aromatic rings. The number of amides is 2. The quantitative estimate of drug-likeness (QED) is 0.923. The maximum absolute atomic E-state index is 13.4. The summed E-state index contributed by atoms with van der Waals surface area (Å²) in [5, 5.41) is 2.75. The molecule has 4 nitrogen and oxygen atoms in total. The van der Waals surface area contributed by atoms with Gasteiger partial charge in [0.15, 0.2) is 0 Å². The first kappa shape index (κ1) is 17.1. The lowest BCUT2D eigenvalue weighted by atomic mass is 10.1. The molecule has 1 N–H and O–H groups in total. The van der Waals surface area contributed by atoms with Crippen molar-refractivity contribution in [2.75, 3.05) is 16.8 Å². The van der Waals surface area contributed by atoms with E-state index in [4.69, 9.17) is 0 Å². The van der Waals surface area contributed by atoms with Gasteiger partial charge < -0.3 is 10.2 Å². The van der Waals surface area contributed by atoms with Crippen LogP contribution < -0.4 is 10.2 Å². The van der Waals surface area contributed by atoms with Crippen molar-refractivity contribution in [2.45, 2.75) is 26.7 Å². The third-order valence-electron chi connectivity index (χ3n) is 4.61. The Balaban J connectivity index is 1.70. The number of rotatable bonds is 4. The standard InChI is InChI=1S/C20H21FN2O2/c1-3-14-5-8-17(9-6-14)23-12-15(10-19(23)24)20(25)22-18-11-16(21)7-4-13(18)2/h4-9,11,15H,3,10,12H2,1-2H3,(H,22,25)/t15-/m1/s1. The van der Waals surface area contributed by atoms with Crippen molar-refractivity contribution < 1.29 is 14.0 Å². The molecular formula is C20H21FN2O2. The number of benzene rings is 2. The number of anilines is 2. The number of nitrogens with zero attached hydrogens (tertiary/aromatic N) is 1. The van der Waals surface area contributed by atoms with Gasteiger partial charge in [-0.1, -0.05) is 25.1 Å². The molecule has 0 saturated carbocycles. The Hall–Kier alpha value is -2.69. The van der Waals surface area contributed by atoms with E-state index in [1.54, 1.807) is 17.9 Å². The summed E-state index contributed by atoms with van der Waals surface area (Å²) in [6, 6.07) is 12.1. The maximum Gasteiger partial charge on any atom is 0.229 e. The molecule has 1 heterocycles. The number of halogens is 1. The second kappa shape index (κ2) is 7.05. The summed E-state index contributed by atoms with van der Waals surface area (Å²) < 4.78 is 13.4. The van der Waals surface area contributed by atoms with Gasteiger partial charge in [-0.3, -0.25) is 9.59 Å². The molecule has 2 aromatic carbocycles. The Morgan fingerprint density at radius 2 is 1.96 bits per heavy atom. The van der Waals surface area contributed by atoms with Gasteiger partial charge in [-0.2, -0.15) is 0 Å². The number of carbonyl (C=O) groups excluding carboxylic acids is 2. The third-order valence-corrected chi connectivity index (χ3v) is 4.61. The summed E-state index contributed by atoms with van der Waals surface area (Å²) in [5.74, 6) is -1.17. The zero-order chi connectivity index (χ0) is 18.0. The van der Waals surface area contributed by atoms with Gasteiger partial charge in [-0.15, -0.1) is 0 Å². The molecule has 1 aliphatic heterocycles. The van der Waals surface area contributed by atoms with Crippen LogP contribution in [0.1, 0.15) is 24.5 Å². The summed E-state index contributed by atoms with van der Waals surface area (Å²) in [6.45, 7) is 4.21. The average Bonchev–Trinajstić information content (AvgIpc) is 3.00. The van der Waals surface area contributed by atoms with Gasteiger partial charge in [0.2, 0.25) is 11.8 Å². The molecular weight excluding hydrogens is 319 g/mol. The smallest absolute Gasteiger partial charge is 0.229 e. The molecule has 25 heavy (non-hydrogen) atoms. The van der Waals surface area contributed by atoms with E-state index >= 15 is 0 Å². The van der Waals surface area contributed by atoms with Gasteiger partial charge in [-0.25, -0.2) is 4.39 Å². The van der Waals surface area contributed by atoms with Crippen LogP contribution in [0.25, 0.3) is 0 Å². The number of aryl methyl sites for hydroxylation is 2. The van der Waals surface area contributed by atoms with E-state index in [2.05, 4.69) is 12.2 Å². The van der Waals surface area contributed by atoms with E-state index in [0.29, 0.717) is 12.2 Å². The van der Waals surface area contributed by atoms with Gasteiger partial charge in [0.05, 0.1) is 5.92 Å². The van der Waals surface area contributed by atoms with Crippen LogP contribution in [0.2, 0.25) is 0 Å². The van der Waals surface area contributed by atoms with Crippen LogP contribution in [0.3, 0.4) is 0 Å². The van der Waals surface area contributed by atoms with Crippen molar-refractivity contribution in [3.05, 3.63) is 59.4 Å². The molecule has 1 atom stereocenters. The Morgan fingerprint density at radius 1 is 1.24 bits per heavy atom. The highest BCUT2D eigenvalue weighted by atomic mass is 19.1. The Kier molecular flexibility index (Phi) is 4.83. The fourth-order valence-corrected chi connectivity index (χ4v) is 3.01. The first-order valence-electron chi connectivity index (χ1n) is 8.44. The fourth-order valence-electron chi connectivity index (χ4n) is 3.01. The fraction of sp³-hybridized carbons (Fsp3) is 0.300. The molecule has 0 spiro atoms. The minimum Gasteiger partial charge on any atom is -0.325 e. The predicted octanol–water partition coefficient (Wildman–Crippen LogP) is 3.69. The van der Waals surface area contributed by atoms with Crippen LogP contribution in [0.15, 0.2) is 42.5 Å². The Morgan fingerprint density at radius 3 is 2.64 bits per heavy atom. The van der Waals surface area contributed by atoms with Crippen LogP contribution in [-0.4, -0.2) is 18.4 Å². The number of nitrogens with one attached hydrogen (secondary N) is 1. The molecule has 1 saturated heterocycles. The highest BCUT2D eigenvalue weighted by molar-refractivity contribution is 6.03. The minimum atomic E-state index is -0.444.